The van der Waals surface area contributed by atoms with Gasteiger partial charge in [-0.3, -0.25) is 10.00 Å². The van der Waals surface area contributed by atoms with Crippen molar-refractivity contribution in [3.05, 3.63) is 54.5 Å². The second-order valence-corrected chi connectivity index (χ2v) is 8.60. The van der Waals surface area contributed by atoms with E-state index in [0.717, 1.165) is 28.0 Å². The zero-order chi connectivity index (χ0) is 25.2. The molecule has 2 aromatic carbocycles. The molecule has 4 rings (SSSR count). The van der Waals surface area contributed by atoms with Gasteiger partial charge in [0.05, 0.1) is 19.7 Å². The molecule has 0 atom stereocenters. The smallest absolute Gasteiger partial charge is 0.324 e. The number of aryl methyl sites for hydroxylation is 1. The van der Waals surface area contributed by atoms with E-state index in [1.54, 1.807) is 38.5 Å². The van der Waals surface area contributed by atoms with Crippen LogP contribution in [0.1, 0.15) is 12.6 Å². The number of hydrogen-bond donors (Lipinski definition) is 2. The van der Waals surface area contributed by atoms with Gasteiger partial charge in [-0.15, -0.1) is 0 Å². The Morgan fingerprint density at radius 1 is 1.06 bits per heavy atom. The van der Waals surface area contributed by atoms with Crippen LogP contribution in [-0.2, 0) is 13.0 Å². The predicted octanol–water partition coefficient (Wildman–Crippen LogP) is 5.29. The molecule has 0 aliphatic carbocycles. The summed E-state index contributed by atoms with van der Waals surface area (Å²) in [5.41, 5.74) is 0.890. The molecule has 9 nitrogen and oxygen atoms in total. The van der Waals surface area contributed by atoms with Crippen LogP contribution in [0.2, 0.25) is 0 Å². The molecule has 0 aliphatic rings. The van der Waals surface area contributed by atoms with E-state index in [4.69, 9.17) is 9.47 Å². The van der Waals surface area contributed by atoms with Gasteiger partial charge in [0.15, 0.2) is 17.3 Å². The third-order valence-corrected chi connectivity index (χ3v) is 5.99. The van der Waals surface area contributed by atoms with Crippen molar-refractivity contribution in [1.82, 2.24) is 19.7 Å². The molecule has 2 N–H and O–H groups in total. The Labute approximate surface area is 203 Å². The Kier molecular flexibility index (Phi) is 6.74. The number of carbonyl (C=O) groups is 1. The first-order valence-corrected chi connectivity index (χ1v) is 11.1. The fourth-order valence-electron chi connectivity index (χ4n) is 3.41. The van der Waals surface area contributed by atoms with Crippen molar-refractivity contribution in [2.45, 2.75) is 22.8 Å². The Bertz CT molecular complexity index is 1390. The van der Waals surface area contributed by atoms with Crippen LogP contribution in [-0.4, -0.2) is 40.0 Å². The number of amides is 2. The van der Waals surface area contributed by atoms with Gasteiger partial charge in [0.1, 0.15) is 17.0 Å². The van der Waals surface area contributed by atoms with Gasteiger partial charge in [-0.25, -0.2) is 14.8 Å². The number of ether oxygens (including phenoxy) is 2. The minimum absolute atomic E-state index is 0.0175. The summed E-state index contributed by atoms with van der Waals surface area (Å²) < 4.78 is 39.0. The number of nitrogens with one attached hydrogen (secondary N) is 2. The van der Waals surface area contributed by atoms with Crippen molar-refractivity contribution >= 4 is 40.2 Å². The van der Waals surface area contributed by atoms with Gasteiger partial charge >= 0.3 is 6.03 Å². The zero-order valence-electron chi connectivity index (χ0n) is 19.3. The number of carbonyl (C=O) groups excluding carboxylic acids is 1. The standard InChI is InChI=1S/C23H22F2N6O3S/c1-23(24,25)19-11-20(30-31(19)2)29-22(32)28-13-6-5-7-14(8-13)35-21-15-9-17(33-3)18(34-4)10-16(15)26-12-27-21/h5-12H,1-4H3,(H2,28,29,30,32). The second kappa shape index (κ2) is 9.74. The van der Waals surface area contributed by atoms with Crippen molar-refractivity contribution in [2.75, 3.05) is 24.9 Å². The highest BCUT2D eigenvalue weighted by Gasteiger charge is 2.29. The normalized spacial score (nSPS) is 11.4. The monoisotopic (exact) mass is 500 g/mol. The number of methoxy groups -OCH3 is 2. The summed E-state index contributed by atoms with van der Waals surface area (Å²) in [6.45, 7) is 0.768. The lowest BCUT2D eigenvalue weighted by Gasteiger charge is -2.11. The molecule has 182 valence electrons. The van der Waals surface area contributed by atoms with Gasteiger partial charge in [0, 0.05) is 42.1 Å². The molecule has 0 saturated carbocycles. The number of halogens is 2. The van der Waals surface area contributed by atoms with Gasteiger partial charge in [-0.2, -0.15) is 13.9 Å². The maximum atomic E-state index is 13.6. The third-order valence-electron chi connectivity index (χ3n) is 4.98. The van der Waals surface area contributed by atoms with Crippen LogP contribution in [0.4, 0.5) is 25.1 Å². The maximum Gasteiger partial charge on any atom is 0.324 e. The molecule has 0 unspecified atom stereocenters. The van der Waals surface area contributed by atoms with E-state index in [0.29, 0.717) is 27.7 Å². The Morgan fingerprint density at radius 2 is 1.80 bits per heavy atom. The van der Waals surface area contributed by atoms with Crippen LogP contribution < -0.4 is 20.1 Å². The minimum Gasteiger partial charge on any atom is -0.493 e. The highest BCUT2D eigenvalue weighted by molar-refractivity contribution is 7.99. The molecule has 0 fully saturated rings. The van der Waals surface area contributed by atoms with Crippen molar-refractivity contribution in [1.29, 1.82) is 0 Å². The lowest BCUT2D eigenvalue weighted by atomic mass is 10.2. The molecule has 0 aliphatic heterocycles. The first-order valence-electron chi connectivity index (χ1n) is 10.3. The molecular formula is C23H22F2N6O3S. The van der Waals surface area contributed by atoms with E-state index in [1.165, 1.54) is 25.1 Å². The van der Waals surface area contributed by atoms with Gasteiger partial charge in [0.25, 0.3) is 5.92 Å². The molecular weight excluding hydrogens is 478 g/mol. The molecule has 12 heteroatoms. The van der Waals surface area contributed by atoms with Crippen LogP contribution in [0, 0.1) is 0 Å². The van der Waals surface area contributed by atoms with Crippen LogP contribution >= 0.6 is 11.8 Å². The first-order chi connectivity index (χ1) is 16.7. The molecule has 0 radical (unpaired) electrons. The van der Waals surface area contributed by atoms with Gasteiger partial charge in [-0.05, 0) is 24.3 Å². The maximum absolute atomic E-state index is 13.6. The number of nitrogens with zero attached hydrogens (tertiary/aromatic N) is 4. The molecule has 4 aromatic rings. The molecule has 0 bridgehead atoms. The van der Waals surface area contributed by atoms with E-state index in [-0.39, 0.29) is 11.5 Å². The summed E-state index contributed by atoms with van der Waals surface area (Å²) >= 11 is 1.38. The van der Waals surface area contributed by atoms with E-state index in [9.17, 15) is 13.6 Å². The quantitative estimate of drug-likeness (QED) is 0.333. The SMILES string of the molecule is COc1cc2ncnc(Sc3cccc(NC(=O)Nc4cc(C(C)(F)F)n(C)n4)c3)c2cc1OC. The lowest BCUT2D eigenvalue weighted by Crippen LogP contribution is -2.19. The fourth-order valence-corrected chi connectivity index (χ4v) is 4.34. The largest absolute Gasteiger partial charge is 0.493 e. The lowest BCUT2D eigenvalue weighted by molar-refractivity contribution is 0.00883. The van der Waals surface area contributed by atoms with Gasteiger partial charge in [-0.1, -0.05) is 17.8 Å². The molecule has 0 saturated heterocycles. The summed E-state index contributed by atoms with van der Waals surface area (Å²) in [4.78, 5) is 21.9. The Balaban J connectivity index is 1.51. The number of rotatable bonds is 7. The Hall–Kier alpha value is -3.93. The number of anilines is 2. The highest BCUT2D eigenvalue weighted by Crippen LogP contribution is 2.37. The molecule has 2 aromatic heterocycles. The van der Waals surface area contributed by atoms with Crippen molar-refractivity contribution in [3.8, 4) is 11.5 Å². The predicted molar refractivity (Wildman–Crippen MR) is 129 cm³/mol. The van der Waals surface area contributed by atoms with Crippen molar-refractivity contribution in [3.63, 3.8) is 0 Å². The number of hydrogen-bond acceptors (Lipinski definition) is 7. The van der Waals surface area contributed by atoms with E-state index in [1.807, 2.05) is 12.1 Å². The number of urea groups is 1. The first kappa shape index (κ1) is 24.2. The number of benzene rings is 2. The summed E-state index contributed by atoms with van der Waals surface area (Å²) in [5.74, 6) is -1.94. The summed E-state index contributed by atoms with van der Waals surface area (Å²) in [6, 6.07) is 11.2. The van der Waals surface area contributed by atoms with E-state index >= 15 is 0 Å². The van der Waals surface area contributed by atoms with Crippen LogP contribution in [0.5, 0.6) is 11.5 Å². The van der Waals surface area contributed by atoms with E-state index in [2.05, 4.69) is 25.7 Å². The molecule has 2 heterocycles. The second-order valence-electron chi connectivity index (χ2n) is 7.54. The average molecular weight is 501 g/mol. The molecule has 35 heavy (non-hydrogen) atoms. The summed E-state index contributed by atoms with van der Waals surface area (Å²) in [5, 5.41) is 10.5. The zero-order valence-corrected chi connectivity index (χ0v) is 20.1. The number of fused-ring (bicyclic) bond motifs is 1. The van der Waals surface area contributed by atoms with E-state index < -0.39 is 12.0 Å². The minimum atomic E-state index is -3.08. The topological polar surface area (TPSA) is 103 Å². The highest BCUT2D eigenvalue weighted by atomic mass is 32.2. The molecule has 0 spiro atoms. The number of aromatic nitrogens is 4. The Morgan fingerprint density at radius 3 is 2.49 bits per heavy atom. The van der Waals surface area contributed by atoms with Gasteiger partial charge in [0.2, 0.25) is 0 Å². The molecule has 2 amide bonds. The van der Waals surface area contributed by atoms with Crippen LogP contribution in [0.15, 0.2) is 58.7 Å². The average Bonchev–Trinajstić information content (AvgIpc) is 3.18. The van der Waals surface area contributed by atoms with Crippen LogP contribution in [0.3, 0.4) is 0 Å². The number of alkyl halides is 2. The van der Waals surface area contributed by atoms with Crippen LogP contribution in [0.25, 0.3) is 10.9 Å². The summed E-state index contributed by atoms with van der Waals surface area (Å²) in [6.07, 6.45) is 1.47. The van der Waals surface area contributed by atoms with Crippen molar-refractivity contribution < 1.29 is 23.0 Å². The van der Waals surface area contributed by atoms with Crippen molar-refractivity contribution in [2.24, 2.45) is 7.05 Å². The third kappa shape index (κ3) is 5.43. The fraction of sp³-hybridized carbons (Fsp3) is 0.217. The summed E-state index contributed by atoms with van der Waals surface area (Å²) in [7, 11) is 4.50. The van der Waals surface area contributed by atoms with Gasteiger partial charge < -0.3 is 14.8 Å².